The molecule has 0 amide bonds. The monoisotopic (exact) mass is 240 g/mol. The minimum atomic E-state index is -0.811. The molecule has 2 rings (SSSR count). The molecule has 0 aromatic heterocycles. The summed E-state index contributed by atoms with van der Waals surface area (Å²) in [6.45, 7) is 0. The number of thioether (sulfide) groups is 1. The number of benzene rings is 1. The van der Waals surface area contributed by atoms with Crippen LogP contribution in [0.5, 0.6) is 0 Å². The normalized spacial score (nSPS) is 17.1. The molecule has 1 aliphatic rings. The average molecular weight is 240 g/mol. The van der Waals surface area contributed by atoms with E-state index in [0.29, 0.717) is 0 Å². The number of aliphatic carboxylic acids is 1. The number of carbonyl (C=O) groups is 1. The fraction of sp³-hybridized carbons (Fsp3) is 0.417. The number of rotatable bonds is 4. The molecule has 1 aliphatic carbocycles. The molecule has 0 saturated heterocycles. The zero-order chi connectivity index (χ0) is 11.8. The number of halogens is 1. The highest BCUT2D eigenvalue weighted by molar-refractivity contribution is 7.98. The van der Waals surface area contributed by atoms with Crippen molar-refractivity contribution < 1.29 is 14.3 Å². The molecule has 4 heteroatoms. The van der Waals surface area contributed by atoms with Crippen LogP contribution in [0.25, 0.3) is 0 Å². The molecule has 0 aliphatic heterocycles. The van der Waals surface area contributed by atoms with E-state index in [1.165, 1.54) is 23.9 Å². The molecule has 0 spiro atoms. The standard InChI is InChI=1S/C12H13FO2S/c1-16-10-3-2-8(13)6-9(10)12(4-5-12)7-11(14)15/h2-3,6H,4-5,7H2,1H3,(H,14,15). The summed E-state index contributed by atoms with van der Waals surface area (Å²) in [6.07, 6.45) is 3.71. The maximum Gasteiger partial charge on any atom is 0.304 e. The quantitative estimate of drug-likeness (QED) is 0.822. The lowest BCUT2D eigenvalue weighted by molar-refractivity contribution is -0.137. The summed E-state index contributed by atoms with van der Waals surface area (Å²) in [5.41, 5.74) is 0.550. The second-order valence-corrected chi connectivity index (χ2v) is 5.04. The summed E-state index contributed by atoms with van der Waals surface area (Å²) in [7, 11) is 0. The second kappa shape index (κ2) is 4.09. The highest BCUT2D eigenvalue weighted by atomic mass is 32.2. The number of carboxylic acid groups (broad SMARTS) is 1. The first kappa shape index (κ1) is 11.5. The largest absolute Gasteiger partial charge is 0.481 e. The van der Waals surface area contributed by atoms with Crippen molar-refractivity contribution in [1.82, 2.24) is 0 Å². The Morgan fingerprint density at radius 1 is 1.56 bits per heavy atom. The van der Waals surface area contributed by atoms with E-state index in [1.807, 2.05) is 6.26 Å². The Balaban J connectivity index is 2.38. The Morgan fingerprint density at radius 2 is 2.25 bits per heavy atom. The predicted molar refractivity (Wildman–Crippen MR) is 61.3 cm³/mol. The predicted octanol–water partition coefficient (Wildman–Crippen LogP) is 3.05. The first-order valence-electron chi connectivity index (χ1n) is 5.13. The van der Waals surface area contributed by atoms with Crippen LogP contribution in [0.3, 0.4) is 0 Å². The van der Waals surface area contributed by atoms with Gasteiger partial charge >= 0.3 is 5.97 Å². The summed E-state index contributed by atoms with van der Waals surface area (Å²) in [5, 5.41) is 8.88. The van der Waals surface area contributed by atoms with Crippen LogP contribution in [0.1, 0.15) is 24.8 Å². The lowest BCUT2D eigenvalue weighted by atomic mass is 9.92. The van der Waals surface area contributed by atoms with E-state index in [0.717, 1.165) is 23.3 Å². The molecule has 2 nitrogen and oxygen atoms in total. The van der Waals surface area contributed by atoms with Crippen LogP contribution in [0.4, 0.5) is 4.39 Å². The van der Waals surface area contributed by atoms with E-state index in [1.54, 1.807) is 6.07 Å². The summed E-state index contributed by atoms with van der Waals surface area (Å²) < 4.78 is 13.2. The highest BCUT2D eigenvalue weighted by Crippen LogP contribution is 2.53. The molecule has 0 atom stereocenters. The van der Waals surface area contributed by atoms with E-state index in [2.05, 4.69) is 0 Å². The van der Waals surface area contributed by atoms with Crippen molar-refractivity contribution in [2.45, 2.75) is 29.6 Å². The molecule has 1 aromatic carbocycles. The number of hydrogen-bond acceptors (Lipinski definition) is 2. The molecular weight excluding hydrogens is 227 g/mol. The molecule has 1 saturated carbocycles. The van der Waals surface area contributed by atoms with Gasteiger partial charge in [-0.05, 0) is 42.9 Å². The van der Waals surface area contributed by atoms with Gasteiger partial charge in [0.05, 0.1) is 6.42 Å². The Labute approximate surface area is 97.9 Å². The van der Waals surface area contributed by atoms with Crippen LogP contribution >= 0.6 is 11.8 Å². The van der Waals surface area contributed by atoms with E-state index in [-0.39, 0.29) is 17.7 Å². The van der Waals surface area contributed by atoms with Gasteiger partial charge in [-0.25, -0.2) is 4.39 Å². The van der Waals surface area contributed by atoms with Crippen molar-refractivity contribution in [1.29, 1.82) is 0 Å². The van der Waals surface area contributed by atoms with Crippen molar-refractivity contribution in [2.75, 3.05) is 6.26 Å². The van der Waals surface area contributed by atoms with Gasteiger partial charge in [-0.15, -0.1) is 11.8 Å². The number of carboxylic acids is 1. The van der Waals surface area contributed by atoms with Gasteiger partial charge in [-0.2, -0.15) is 0 Å². The Morgan fingerprint density at radius 3 is 2.75 bits per heavy atom. The highest BCUT2D eigenvalue weighted by Gasteiger charge is 2.47. The summed E-state index contributed by atoms with van der Waals surface area (Å²) >= 11 is 1.54. The first-order chi connectivity index (χ1) is 7.57. The Kier molecular flexibility index (Phi) is 2.93. The molecule has 0 unspecified atom stereocenters. The molecular formula is C12H13FO2S. The van der Waals surface area contributed by atoms with Crippen LogP contribution in [-0.4, -0.2) is 17.3 Å². The van der Waals surface area contributed by atoms with Gasteiger partial charge in [-0.3, -0.25) is 4.79 Å². The molecule has 1 aromatic rings. The van der Waals surface area contributed by atoms with E-state index in [9.17, 15) is 9.18 Å². The molecule has 0 radical (unpaired) electrons. The third kappa shape index (κ3) is 2.07. The summed E-state index contributed by atoms with van der Waals surface area (Å²) in [4.78, 5) is 11.8. The Hall–Kier alpha value is -1.03. The van der Waals surface area contributed by atoms with Gasteiger partial charge in [-0.1, -0.05) is 0 Å². The minimum absolute atomic E-state index is 0.101. The maximum atomic E-state index is 13.2. The lowest BCUT2D eigenvalue weighted by Gasteiger charge is -2.16. The Bertz CT molecular complexity index is 427. The zero-order valence-corrected chi connectivity index (χ0v) is 9.81. The van der Waals surface area contributed by atoms with Crippen LogP contribution in [0.2, 0.25) is 0 Å². The van der Waals surface area contributed by atoms with Crippen molar-refractivity contribution >= 4 is 17.7 Å². The summed E-state index contributed by atoms with van der Waals surface area (Å²) in [5.74, 6) is -1.10. The van der Waals surface area contributed by atoms with Gasteiger partial charge in [0.1, 0.15) is 5.82 Å². The fourth-order valence-corrected chi connectivity index (χ4v) is 2.78. The van der Waals surface area contributed by atoms with Gasteiger partial charge in [0.25, 0.3) is 0 Å². The lowest BCUT2D eigenvalue weighted by Crippen LogP contribution is -2.14. The molecule has 0 bridgehead atoms. The van der Waals surface area contributed by atoms with Crippen molar-refractivity contribution in [3.8, 4) is 0 Å². The van der Waals surface area contributed by atoms with Crippen LogP contribution in [0.15, 0.2) is 23.1 Å². The zero-order valence-electron chi connectivity index (χ0n) is 9.00. The molecule has 86 valence electrons. The summed E-state index contributed by atoms with van der Waals surface area (Å²) in [6, 6.07) is 4.64. The fourth-order valence-electron chi connectivity index (χ4n) is 2.08. The first-order valence-corrected chi connectivity index (χ1v) is 6.36. The van der Waals surface area contributed by atoms with Gasteiger partial charge in [0, 0.05) is 10.3 Å². The van der Waals surface area contributed by atoms with Gasteiger partial charge < -0.3 is 5.11 Å². The smallest absolute Gasteiger partial charge is 0.304 e. The van der Waals surface area contributed by atoms with Gasteiger partial charge in [0.2, 0.25) is 0 Å². The van der Waals surface area contributed by atoms with Crippen molar-refractivity contribution in [3.05, 3.63) is 29.6 Å². The van der Waals surface area contributed by atoms with Crippen molar-refractivity contribution in [2.24, 2.45) is 0 Å². The topological polar surface area (TPSA) is 37.3 Å². The molecule has 1 N–H and O–H groups in total. The number of hydrogen-bond donors (Lipinski definition) is 1. The van der Waals surface area contributed by atoms with E-state index in [4.69, 9.17) is 5.11 Å². The second-order valence-electron chi connectivity index (χ2n) is 4.20. The molecule has 0 heterocycles. The maximum absolute atomic E-state index is 13.2. The van der Waals surface area contributed by atoms with Crippen LogP contribution < -0.4 is 0 Å². The van der Waals surface area contributed by atoms with E-state index >= 15 is 0 Å². The SMILES string of the molecule is CSc1ccc(F)cc1C1(CC(=O)O)CC1. The van der Waals surface area contributed by atoms with Crippen LogP contribution in [-0.2, 0) is 10.2 Å². The molecule has 1 fully saturated rings. The average Bonchev–Trinajstić information content (AvgIpc) is 2.98. The van der Waals surface area contributed by atoms with E-state index < -0.39 is 5.97 Å². The molecule has 16 heavy (non-hydrogen) atoms. The third-order valence-corrected chi connectivity index (χ3v) is 3.87. The minimum Gasteiger partial charge on any atom is -0.481 e. The third-order valence-electron chi connectivity index (χ3n) is 3.08. The van der Waals surface area contributed by atoms with Crippen molar-refractivity contribution in [3.63, 3.8) is 0 Å². The van der Waals surface area contributed by atoms with Gasteiger partial charge in [0.15, 0.2) is 0 Å². The van der Waals surface area contributed by atoms with Crippen LogP contribution in [0, 0.1) is 5.82 Å².